The molecular formula is C19H23FN6O3S. The zero-order valence-electron chi connectivity index (χ0n) is 16.4. The molecule has 2 amide bonds. The fourth-order valence-electron chi connectivity index (χ4n) is 3.10. The van der Waals surface area contributed by atoms with Crippen molar-refractivity contribution >= 4 is 27.3 Å². The molecule has 1 aromatic rings. The SMILES string of the molecule is C/C=C(\C=C/CNC(N)=O)c1nc(N)cc(C2(S(=O)(=O)C3=CC=C(F)CN3)CC2)n1. The maximum Gasteiger partial charge on any atom is 0.312 e. The lowest BCUT2D eigenvalue weighted by atomic mass is 10.2. The van der Waals surface area contributed by atoms with E-state index in [0.717, 1.165) is 6.08 Å². The Morgan fingerprint density at radius 1 is 1.37 bits per heavy atom. The molecule has 11 heteroatoms. The molecule has 0 saturated heterocycles. The summed E-state index contributed by atoms with van der Waals surface area (Å²) >= 11 is 0. The maximum atomic E-state index is 13.3. The highest BCUT2D eigenvalue weighted by Gasteiger charge is 2.58. The number of nitrogens with zero attached hydrogens (tertiary/aromatic N) is 2. The van der Waals surface area contributed by atoms with E-state index >= 15 is 0 Å². The van der Waals surface area contributed by atoms with E-state index in [0.29, 0.717) is 24.1 Å². The molecule has 9 nitrogen and oxygen atoms in total. The fraction of sp³-hybridized carbons (Fsp3) is 0.316. The van der Waals surface area contributed by atoms with Crippen LogP contribution in [-0.2, 0) is 14.6 Å². The summed E-state index contributed by atoms with van der Waals surface area (Å²) in [5, 5.41) is 5.01. The number of allylic oxidation sites excluding steroid dienone is 5. The van der Waals surface area contributed by atoms with Gasteiger partial charge in [-0.1, -0.05) is 18.2 Å². The fourth-order valence-corrected chi connectivity index (χ4v) is 5.05. The normalized spacial score (nSPS) is 18.4. The van der Waals surface area contributed by atoms with E-state index in [1.807, 2.05) is 0 Å². The van der Waals surface area contributed by atoms with Crippen molar-refractivity contribution in [2.75, 3.05) is 18.8 Å². The second kappa shape index (κ2) is 8.27. The third-order valence-corrected chi connectivity index (χ3v) is 7.33. The highest BCUT2D eigenvalue weighted by molar-refractivity contribution is 7.96. The lowest BCUT2D eigenvalue weighted by Crippen LogP contribution is -2.32. The van der Waals surface area contributed by atoms with E-state index in [-0.39, 0.29) is 29.8 Å². The van der Waals surface area contributed by atoms with E-state index in [9.17, 15) is 17.6 Å². The number of carbonyl (C=O) groups excluding carboxylic acids is 1. The Balaban J connectivity index is 1.94. The van der Waals surface area contributed by atoms with E-state index in [1.54, 1.807) is 25.2 Å². The summed E-state index contributed by atoms with van der Waals surface area (Å²) in [5.41, 5.74) is 11.9. The molecule has 0 spiro atoms. The summed E-state index contributed by atoms with van der Waals surface area (Å²) in [6, 6.07) is 0.810. The van der Waals surface area contributed by atoms with Crippen molar-refractivity contribution in [2.24, 2.45) is 5.73 Å². The van der Waals surface area contributed by atoms with Gasteiger partial charge in [0.05, 0.1) is 12.2 Å². The zero-order valence-corrected chi connectivity index (χ0v) is 17.2. The number of nitrogens with two attached hydrogens (primary N) is 2. The number of nitrogens with one attached hydrogen (secondary N) is 2. The van der Waals surface area contributed by atoms with Crippen LogP contribution in [0.3, 0.4) is 0 Å². The van der Waals surface area contributed by atoms with Gasteiger partial charge < -0.3 is 22.1 Å². The van der Waals surface area contributed by atoms with Gasteiger partial charge in [0.2, 0.25) is 9.84 Å². The minimum Gasteiger partial charge on any atom is -0.384 e. The summed E-state index contributed by atoms with van der Waals surface area (Å²) in [6.45, 7) is 1.81. The lowest BCUT2D eigenvalue weighted by Gasteiger charge is -2.21. The molecule has 30 heavy (non-hydrogen) atoms. The van der Waals surface area contributed by atoms with Gasteiger partial charge in [0.1, 0.15) is 21.4 Å². The molecule has 0 atom stereocenters. The van der Waals surface area contributed by atoms with Crippen LogP contribution in [0, 0.1) is 0 Å². The van der Waals surface area contributed by atoms with Crippen LogP contribution < -0.4 is 22.1 Å². The molecule has 160 valence electrons. The topological polar surface area (TPSA) is 153 Å². The number of aromatic nitrogens is 2. The number of carbonyl (C=O) groups is 1. The molecular weight excluding hydrogens is 411 g/mol. The first kappa shape index (κ1) is 21.5. The number of rotatable bonds is 7. The third kappa shape index (κ3) is 4.20. The van der Waals surface area contributed by atoms with Crippen LogP contribution in [0.4, 0.5) is 15.0 Å². The first-order valence-electron chi connectivity index (χ1n) is 9.26. The molecule has 1 aliphatic carbocycles. The largest absolute Gasteiger partial charge is 0.384 e. The van der Waals surface area contributed by atoms with Crippen molar-refractivity contribution in [3.05, 3.63) is 58.8 Å². The number of sulfone groups is 1. The van der Waals surface area contributed by atoms with E-state index < -0.39 is 26.4 Å². The number of hydrogen-bond acceptors (Lipinski definition) is 7. The molecule has 6 N–H and O–H groups in total. The van der Waals surface area contributed by atoms with E-state index in [4.69, 9.17) is 11.5 Å². The van der Waals surface area contributed by atoms with Gasteiger partial charge in [0.25, 0.3) is 0 Å². The Bertz CT molecular complexity index is 1090. The van der Waals surface area contributed by atoms with Crippen molar-refractivity contribution in [3.8, 4) is 0 Å². The summed E-state index contributed by atoms with van der Waals surface area (Å²) in [5.74, 6) is -0.0421. The second-order valence-corrected chi connectivity index (χ2v) is 9.12. The molecule has 1 saturated carbocycles. The third-order valence-electron chi connectivity index (χ3n) is 4.83. The van der Waals surface area contributed by atoms with Crippen molar-refractivity contribution in [1.82, 2.24) is 20.6 Å². The lowest BCUT2D eigenvalue weighted by molar-refractivity contribution is 0.250. The van der Waals surface area contributed by atoms with Crippen LogP contribution in [0.1, 0.15) is 31.3 Å². The number of nitrogen functional groups attached to an aromatic ring is 1. The van der Waals surface area contributed by atoms with Crippen molar-refractivity contribution in [2.45, 2.75) is 24.5 Å². The zero-order chi connectivity index (χ0) is 21.9. The highest BCUT2D eigenvalue weighted by Crippen LogP contribution is 2.54. The van der Waals surface area contributed by atoms with Gasteiger partial charge in [-0.05, 0) is 31.9 Å². The van der Waals surface area contributed by atoms with Gasteiger partial charge in [-0.3, -0.25) is 0 Å². The Morgan fingerprint density at radius 2 is 2.10 bits per heavy atom. The van der Waals surface area contributed by atoms with Crippen LogP contribution in [0.5, 0.6) is 0 Å². The molecule has 1 fully saturated rings. The van der Waals surface area contributed by atoms with Crippen LogP contribution in [0.2, 0.25) is 0 Å². The van der Waals surface area contributed by atoms with Crippen molar-refractivity contribution < 1.29 is 17.6 Å². The summed E-state index contributed by atoms with van der Waals surface area (Å²) in [6.07, 6.45) is 8.20. The van der Waals surface area contributed by atoms with Gasteiger partial charge in [0.15, 0.2) is 5.82 Å². The van der Waals surface area contributed by atoms with Crippen LogP contribution in [-0.4, -0.2) is 37.5 Å². The Kier molecular flexibility index (Phi) is 5.92. The van der Waals surface area contributed by atoms with E-state index in [1.165, 1.54) is 12.1 Å². The monoisotopic (exact) mass is 434 g/mol. The van der Waals surface area contributed by atoms with Gasteiger partial charge >= 0.3 is 6.03 Å². The quantitative estimate of drug-likeness (QED) is 0.473. The number of dihydropyridines is 1. The summed E-state index contributed by atoms with van der Waals surface area (Å²) in [4.78, 5) is 19.5. The molecule has 0 radical (unpaired) electrons. The highest BCUT2D eigenvalue weighted by atomic mass is 32.2. The number of amides is 2. The number of anilines is 1. The van der Waals surface area contributed by atoms with Gasteiger partial charge in [-0.2, -0.15) is 0 Å². The van der Waals surface area contributed by atoms with Crippen LogP contribution in [0.25, 0.3) is 5.57 Å². The number of hydrogen-bond donors (Lipinski definition) is 4. The maximum absolute atomic E-state index is 13.3. The van der Waals surface area contributed by atoms with Crippen LogP contribution in [0.15, 0.2) is 47.3 Å². The summed E-state index contributed by atoms with van der Waals surface area (Å²) < 4.78 is 38.5. The molecule has 2 aliphatic rings. The Morgan fingerprint density at radius 3 is 2.67 bits per heavy atom. The minimum atomic E-state index is -3.83. The average molecular weight is 434 g/mol. The first-order chi connectivity index (χ1) is 14.2. The summed E-state index contributed by atoms with van der Waals surface area (Å²) in [7, 11) is -3.83. The number of primary amides is 1. The number of urea groups is 1. The first-order valence-corrected chi connectivity index (χ1v) is 10.7. The van der Waals surface area contributed by atoms with Crippen molar-refractivity contribution in [3.63, 3.8) is 0 Å². The average Bonchev–Trinajstić information content (AvgIpc) is 3.50. The van der Waals surface area contributed by atoms with E-state index in [2.05, 4.69) is 20.6 Å². The minimum absolute atomic E-state index is 0.0381. The Hall–Kier alpha value is -3.21. The molecule has 0 bridgehead atoms. The molecule has 0 unspecified atom stereocenters. The van der Waals surface area contributed by atoms with Gasteiger partial charge in [-0.15, -0.1) is 0 Å². The smallest absolute Gasteiger partial charge is 0.312 e. The molecule has 3 rings (SSSR count). The standard InChI is InChI=1S/C19H23FN6O3S/c1-2-12(4-3-9-23-18(22)27)17-25-14(10-15(21)26-17)19(7-8-19)30(28,29)16-6-5-13(20)11-24-16/h2-6,10,24H,7-9,11H2,1H3,(H2,21,25,26)(H3,22,23,27)/b4-3-,12-2+. The Labute approximate surface area is 173 Å². The molecule has 1 aliphatic heterocycles. The molecule has 0 aromatic carbocycles. The molecule has 2 heterocycles. The predicted molar refractivity (Wildman–Crippen MR) is 112 cm³/mol. The van der Waals surface area contributed by atoms with Gasteiger partial charge in [0, 0.05) is 18.2 Å². The molecule has 1 aromatic heterocycles. The van der Waals surface area contributed by atoms with Gasteiger partial charge in [-0.25, -0.2) is 27.6 Å². The predicted octanol–water partition coefficient (Wildman–Crippen LogP) is 1.39. The number of halogens is 1. The van der Waals surface area contributed by atoms with Crippen LogP contribution >= 0.6 is 0 Å². The second-order valence-electron chi connectivity index (χ2n) is 6.89. The van der Waals surface area contributed by atoms with Crippen molar-refractivity contribution in [1.29, 1.82) is 0 Å².